The lowest BCUT2D eigenvalue weighted by Gasteiger charge is -2.20. The van der Waals surface area contributed by atoms with Gasteiger partial charge in [-0.25, -0.2) is 0 Å². The molecular weight excluding hydrogens is 114 g/mol. The third kappa shape index (κ3) is 2.33. The molecule has 0 aromatic rings. The van der Waals surface area contributed by atoms with E-state index in [2.05, 4.69) is 11.9 Å². The van der Waals surface area contributed by atoms with Crippen molar-refractivity contribution in [1.82, 2.24) is 5.32 Å². The summed E-state index contributed by atoms with van der Waals surface area (Å²) in [5.74, 6) is 0.628. The van der Waals surface area contributed by atoms with Gasteiger partial charge in [0.1, 0.15) is 6.61 Å². The largest absolute Gasteiger partial charge is 0.384 e. The molecule has 1 unspecified atom stereocenters. The first-order chi connectivity index (χ1) is 4.43. The molecule has 0 saturated carbocycles. The van der Waals surface area contributed by atoms with Gasteiger partial charge in [-0.3, -0.25) is 0 Å². The molecule has 2 N–H and O–H groups in total. The molecule has 2 nitrogen and oxygen atoms in total. The number of rotatable bonds is 2. The topological polar surface area (TPSA) is 32.3 Å². The normalized spacial score (nSPS) is 28.3. The highest BCUT2D eigenvalue weighted by Gasteiger charge is 2.11. The Kier molecular flexibility index (Phi) is 3.01. The number of hydrogen-bond acceptors (Lipinski definition) is 2. The van der Waals surface area contributed by atoms with Crippen molar-refractivity contribution in [2.24, 2.45) is 5.92 Å². The van der Waals surface area contributed by atoms with Crippen LogP contribution in [0.4, 0.5) is 0 Å². The Morgan fingerprint density at radius 1 is 1.67 bits per heavy atom. The fourth-order valence-corrected chi connectivity index (χ4v) is 1.23. The van der Waals surface area contributed by atoms with Crippen molar-refractivity contribution in [3.05, 3.63) is 6.61 Å². The summed E-state index contributed by atoms with van der Waals surface area (Å²) in [6.07, 6.45) is 3.21. The molecule has 1 rings (SSSR count). The summed E-state index contributed by atoms with van der Waals surface area (Å²) in [5.41, 5.74) is 0. The van der Waals surface area contributed by atoms with E-state index in [4.69, 9.17) is 5.11 Å². The fraction of sp³-hybridized carbons (Fsp3) is 0.857. The molecule has 1 aliphatic heterocycles. The van der Waals surface area contributed by atoms with Gasteiger partial charge in [0.05, 0.1) is 0 Å². The highest BCUT2D eigenvalue weighted by atomic mass is 16.3. The van der Waals surface area contributed by atoms with E-state index in [1.807, 2.05) is 0 Å². The van der Waals surface area contributed by atoms with E-state index < -0.39 is 0 Å². The maximum atomic E-state index is 8.34. The Hall–Kier alpha value is -0.0800. The third-order valence-corrected chi connectivity index (χ3v) is 1.78. The Morgan fingerprint density at radius 3 is 3.11 bits per heavy atom. The Morgan fingerprint density at radius 2 is 2.56 bits per heavy atom. The van der Waals surface area contributed by atoms with Crippen LogP contribution in [0.5, 0.6) is 0 Å². The predicted molar refractivity (Wildman–Crippen MR) is 35.4 cm³/mol. The molecule has 1 heterocycles. The Labute approximate surface area is 56.3 Å². The Bertz CT molecular complexity index is 66.6. The first-order valence-corrected chi connectivity index (χ1v) is 3.51. The van der Waals surface area contributed by atoms with Crippen LogP contribution in [0.15, 0.2) is 0 Å². The molecule has 1 atom stereocenters. The molecule has 0 aromatic carbocycles. The van der Waals surface area contributed by atoms with Gasteiger partial charge in [-0.15, -0.1) is 0 Å². The molecular formula is C7H13NO. The average Bonchev–Trinajstić information content (AvgIpc) is 1.91. The van der Waals surface area contributed by atoms with Crippen LogP contribution in [-0.2, 0) is 0 Å². The third-order valence-electron chi connectivity index (χ3n) is 1.78. The van der Waals surface area contributed by atoms with Gasteiger partial charge in [0.15, 0.2) is 0 Å². The monoisotopic (exact) mass is 127 g/mol. The summed E-state index contributed by atoms with van der Waals surface area (Å²) in [7, 11) is 0. The minimum absolute atomic E-state index is 0.628. The molecule has 1 saturated heterocycles. The van der Waals surface area contributed by atoms with E-state index in [1.54, 1.807) is 0 Å². The van der Waals surface area contributed by atoms with Gasteiger partial charge in [0.2, 0.25) is 0 Å². The van der Waals surface area contributed by atoms with Gasteiger partial charge in [-0.2, -0.15) is 0 Å². The quantitative estimate of drug-likeness (QED) is 0.574. The van der Waals surface area contributed by atoms with Crippen LogP contribution >= 0.6 is 0 Å². The first kappa shape index (κ1) is 7.03. The molecule has 0 aromatic heterocycles. The van der Waals surface area contributed by atoms with Crippen LogP contribution < -0.4 is 5.32 Å². The first-order valence-electron chi connectivity index (χ1n) is 3.51. The van der Waals surface area contributed by atoms with E-state index in [0.717, 1.165) is 19.5 Å². The maximum absolute atomic E-state index is 8.34. The lowest BCUT2D eigenvalue weighted by atomic mass is 9.97. The lowest BCUT2D eigenvalue weighted by Crippen LogP contribution is -2.29. The van der Waals surface area contributed by atoms with E-state index in [1.165, 1.54) is 12.8 Å². The number of hydrogen-bond donors (Lipinski definition) is 2. The highest BCUT2D eigenvalue weighted by Crippen LogP contribution is 2.13. The number of aliphatic hydroxyl groups excluding tert-OH is 1. The zero-order valence-electron chi connectivity index (χ0n) is 5.56. The molecule has 1 aliphatic rings. The second kappa shape index (κ2) is 3.85. The van der Waals surface area contributed by atoms with E-state index in [0.29, 0.717) is 5.92 Å². The van der Waals surface area contributed by atoms with Crippen LogP contribution in [0.1, 0.15) is 19.3 Å². The van der Waals surface area contributed by atoms with Crippen LogP contribution in [0, 0.1) is 12.5 Å². The molecule has 52 valence electrons. The summed E-state index contributed by atoms with van der Waals surface area (Å²) >= 11 is 0. The molecule has 9 heavy (non-hydrogen) atoms. The number of piperidine rings is 1. The van der Waals surface area contributed by atoms with Gasteiger partial charge < -0.3 is 10.4 Å². The number of nitrogens with one attached hydrogen (secondary N) is 1. The standard InChI is InChI=1S/C7H13NO/c9-5-3-7-2-1-4-8-6-7/h7-9H,1-4,6H2. The van der Waals surface area contributed by atoms with E-state index in [9.17, 15) is 0 Å². The molecule has 0 spiro atoms. The number of aliphatic hydroxyl groups is 1. The zero-order chi connectivity index (χ0) is 6.53. The smallest absolute Gasteiger partial charge is 0.128 e. The van der Waals surface area contributed by atoms with Crippen molar-refractivity contribution >= 4 is 0 Å². The second-order valence-electron chi connectivity index (χ2n) is 2.57. The summed E-state index contributed by atoms with van der Waals surface area (Å²) in [5, 5.41) is 11.6. The van der Waals surface area contributed by atoms with Gasteiger partial charge in [-0.05, 0) is 38.3 Å². The van der Waals surface area contributed by atoms with Crippen LogP contribution in [-0.4, -0.2) is 18.2 Å². The summed E-state index contributed by atoms with van der Waals surface area (Å²) in [6.45, 7) is 4.39. The van der Waals surface area contributed by atoms with E-state index >= 15 is 0 Å². The molecule has 0 aliphatic carbocycles. The fourth-order valence-electron chi connectivity index (χ4n) is 1.23. The lowest BCUT2D eigenvalue weighted by molar-refractivity contribution is 0.299. The van der Waals surface area contributed by atoms with Gasteiger partial charge >= 0.3 is 0 Å². The summed E-state index contributed by atoms with van der Waals surface area (Å²) < 4.78 is 0. The van der Waals surface area contributed by atoms with Crippen LogP contribution in [0.25, 0.3) is 0 Å². The van der Waals surface area contributed by atoms with E-state index in [-0.39, 0.29) is 0 Å². The molecule has 0 bridgehead atoms. The van der Waals surface area contributed by atoms with Crippen LogP contribution in [0.2, 0.25) is 0 Å². The minimum Gasteiger partial charge on any atom is -0.384 e. The Balaban J connectivity index is 2.08. The van der Waals surface area contributed by atoms with Crippen LogP contribution in [0.3, 0.4) is 0 Å². The second-order valence-corrected chi connectivity index (χ2v) is 2.57. The minimum atomic E-state index is 0.628. The highest BCUT2D eigenvalue weighted by molar-refractivity contribution is 4.70. The van der Waals surface area contributed by atoms with Crippen molar-refractivity contribution in [1.29, 1.82) is 0 Å². The van der Waals surface area contributed by atoms with Gasteiger partial charge in [0, 0.05) is 0 Å². The molecule has 1 fully saturated rings. The van der Waals surface area contributed by atoms with Crippen molar-refractivity contribution in [2.75, 3.05) is 13.1 Å². The van der Waals surface area contributed by atoms with Crippen molar-refractivity contribution in [3.63, 3.8) is 0 Å². The van der Waals surface area contributed by atoms with Gasteiger partial charge in [-0.1, -0.05) is 0 Å². The summed E-state index contributed by atoms with van der Waals surface area (Å²) in [4.78, 5) is 0. The average molecular weight is 127 g/mol. The van der Waals surface area contributed by atoms with Crippen molar-refractivity contribution in [2.45, 2.75) is 19.3 Å². The SMILES string of the molecule is O[C]CC1CCCNC1. The predicted octanol–water partition coefficient (Wildman–Crippen LogP) is 0.787. The molecule has 2 heteroatoms. The van der Waals surface area contributed by atoms with Crippen molar-refractivity contribution < 1.29 is 5.11 Å². The molecule has 0 amide bonds. The van der Waals surface area contributed by atoms with Crippen molar-refractivity contribution in [3.8, 4) is 0 Å². The van der Waals surface area contributed by atoms with Gasteiger partial charge in [0.25, 0.3) is 0 Å². The maximum Gasteiger partial charge on any atom is 0.128 e. The summed E-state index contributed by atoms with van der Waals surface area (Å²) in [6, 6.07) is 0. The zero-order valence-corrected chi connectivity index (χ0v) is 5.56. The molecule has 2 radical (unpaired) electrons.